The Labute approximate surface area is 145 Å². The van der Waals surface area contributed by atoms with Gasteiger partial charge in [0, 0.05) is 0 Å². The van der Waals surface area contributed by atoms with Crippen LogP contribution in [0, 0.1) is 17.3 Å². The molecular formula is C22H30O2. The molecule has 2 fully saturated rings. The molecule has 3 aliphatic rings. The molecule has 2 N–H and O–H groups in total. The number of fused-ring (bicyclic) bond motifs is 5. The summed E-state index contributed by atoms with van der Waals surface area (Å²) in [5, 5.41) is 19.6. The van der Waals surface area contributed by atoms with E-state index in [2.05, 4.69) is 26.0 Å². The van der Waals surface area contributed by atoms with E-state index < -0.39 is 0 Å². The van der Waals surface area contributed by atoms with Gasteiger partial charge < -0.3 is 10.2 Å². The maximum atomic E-state index is 10.2. The summed E-state index contributed by atoms with van der Waals surface area (Å²) in [6, 6.07) is 4.35. The molecule has 0 radical (unpaired) electrons. The monoisotopic (exact) mass is 326 g/mol. The van der Waals surface area contributed by atoms with Gasteiger partial charge in [0.25, 0.3) is 0 Å². The molecule has 0 spiro atoms. The molecule has 2 saturated carbocycles. The van der Waals surface area contributed by atoms with Gasteiger partial charge in [0.15, 0.2) is 0 Å². The van der Waals surface area contributed by atoms with Crippen LogP contribution in [0.3, 0.4) is 0 Å². The zero-order valence-corrected chi connectivity index (χ0v) is 15.0. The molecule has 0 aliphatic heterocycles. The van der Waals surface area contributed by atoms with Gasteiger partial charge in [0.2, 0.25) is 0 Å². The highest BCUT2D eigenvalue weighted by Crippen LogP contribution is 2.62. The topological polar surface area (TPSA) is 40.5 Å². The predicted octanol–water partition coefficient (Wildman–Crippen LogP) is 4.73. The van der Waals surface area contributed by atoms with Crippen molar-refractivity contribution in [3.8, 4) is 5.75 Å². The number of benzene rings is 1. The van der Waals surface area contributed by atoms with Crippen molar-refractivity contribution in [3.05, 3.63) is 40.5 Å². The average molecular weight is 326 g/mol. The number of aromatic hydroxyl groups is 1. The minimum absolute atomic E-state index is 0.188. The van der Waals surface area contributed by atoms with Gasteiger partial charge in [-0.3, -0.25) is 0 Å². The van der Waals surface area contributed by atoms with Gasteiger partial charge in [-0.05, 0) is 90.9 Å². The van der Waals surface area contributed by atoms with E-state index in [4.69, 9.17) is 0 Å². The van der Waals surface area contributed by atoms with Crippen molar-refractivity contribution in [1.29, 1.82) is 0 Å². The van der Waals surface area contributed by atoms with Gasteiger partial charge in [-0.1, -0.05) is 31.6 Å². The number of hydrogen-bond acceptors (Lipinski definition) is 2. The van der Waals surface area contributed by atoms with Crippen molar-refractivity contribution in [2.45, 2.75) is 64.7 Å². The van der Waals surface area contributed by atoms with Crippen LogP contribution in [-0.2, 0) is 12.8 Å². The molecule has 2 heteroatoms. The lowest BCUT2D eigenvalue weighted by Crippen LogP contribution is -2.40. The number of aliphatic hydroxyl groups excluding tert-OH is 1. The number of allylic oxidation sites excluding steroid dienone is 1. The highest BCUT2D eigenvalue weighted by Gasteiger charge is 2.52. The highest BCUT2D eigenvalue weighted by atomic mass is 16.3. The summed E-state index contributed by atoms with van der Waals surface area (Å²) in [6.45, 7) is 4.77. The molecule has 3 unspecified atom stereocenters. The van der Waals surface area contributed by atoms with E-state index in [1.54, 1.807) is 0 Å². The summed E-state index contributed by atoms with van der Waals surface area (Å²) in [4.78, 5) is 0. The van der Waals surface area contributed by atoms with Crippen LogP contribution >= 0.6 is 0 Å². The van der Waals surface area contributed by atoms with Crippen molar-refractivity contribution in [3.63, 3.8) is 0 Å². The average Bonchev–Trinajstić information content (AvgIpc) is 2.91. The van der Waals surface area contributed by atoms with Crippen LogP contribution in [0.15, 0.2) is 23.8 Å². The largest absolute Gasteiger partial charge is 0.508 e. The Kier molecular flexibility index (Phi) is 3.99. The van der Waals surface area contributed by atoms with Crippen molar-refractivity contribution in [2.24, 2.45) is 17.3 Å². The van der Waals surface area contributed by atoms with Gasteiger partial charge in [0.05, 0.1) is 6.61 Å². The highest BCUT2D eigenvalue weighted by molar-refractivity contribution is 5.46. The van der Waals surface area contributed by atoms with Crippen LogP contribution in [-0.4, -0.2) is 16.8 Å². The molecule has 4 rings (SSSR count). The molecule has 0 saturated heterocycles. The zero-order chi connectivity index (χ0) is 16.9. The minimum Gasteiger partial charge on any atom is -0.508 e. The van der Waals surface area contributed by atoms with Crippen LogP contribution in [0.2, 0.25) is 0 Å². The van der Waals surface area contributed by atoms with E-state index in [1.807, 2.05) is 6.07 Å². The molecule has 3 aliphatic carbocycles. The summed E-state index contributed by atoms with van der Waals surface area (Å²) in [6.07, 6.45) is 10.3. The molecule has 1 aromatic rings. The number of phenolic OH excluding ortho intramolecular Hbond substituents is 1. The lowest BCUT2D eigenvalue weighted by atomic mass is 9.55. The van der Waals surface area contributed by atoms with Crippen LogP contribution < -0.4 is 0 Å². The molecule has 0 heterocycles. The number of phenols is 1. The fraction of sp³-hybridized carbons (Fsp3) is 0.636. The summed E-state index contributed by atoms with van der Waals surface area (Å²) < 4.78 is 0. The molecule has 0 aromatic heterocycles. The van der Waals surface area contributed by atoms with Crippen molar-refractivity contribution in [2.75, 3.05) is 6.61 Å². The Bertz CT molecular complexity index is 675. The van der Waals surface area contributed by atoms with Crippen molar-refractivity contribution < 1.29 is 10.2 Å². The molecule has 24 heavy (non-hydrogen) atoms. The second-order valence-electron chi connectivity index (χ2n) is 8.36. The first-order valence-corrected chi connectivity index (χ1v) is 9.73. The molecule has 2 nitrogen and oxygen atoms in total. The fourth-order valence-electron chi connectivity index (χ4n) is 6.23. The number of hydrogen-bond donors (Lipinski definition) is 2. The van der Waals surface area contributed by atoms with Gasteiger partial charge >= 0.3 is 0 Å². The molecule has 0 bridgehead atoms. The fourth-order valence-corrected chi connectivity index (χ4v) is 6.23. The maximum Gasteiger partial charge on any atom is 0.119 e. The zero-order valence-electron chi connectivity index (χ0n) is 15.0. The molecule has 4 atom stereocenters. The SMILES string of the molecule is CCc1cc2c(cc1O)CCC1C2CC[C@]2(C)/C(=C\CO)CCC12. The van der Waals surface area contributed by atoms with E-state index in [1.165, 1.54) is 48.8 Å². The molecular weight excluding hydrogens is 296 g/mol. The first kappa shape index (κ1) is 16.2. The smallest absolute Gasteiger partial charge is 0.119 e. The van der Waals surface area contributed by atoms with E-state index >= 15 is 0 Å². The van der Waals surface area contributed by atoms with E-state index in [0.29, 0.717) is 17.1 Å². The van der Waals surface area contributed by atoms with Crippen LogP contribution in [0.4, 0.5) is 0 Å². The summed E-state index contributed by atoms with van der Waals surface area (Å²) in [7, 11) is 0. The second-order valence-corrected chi connectivity index (χ2v) is 8.36. The third kappa shape index (κ3) is 2.26. The van der Waals surface area contributed by atoms with Crippen LogP contribution in [0.25, 0.3) is 0 Å². The lowest BCUT2D eigenvalue weighted by Gasteiger charge is -2.49. The molecule has 130 valence electrons. The number of aryl methyl sites for hydroxylation is 2. The van der Waals surface area contributed by atoms with Gasteiger partial charge in [-0.15, -0.1) is 0 Å². The summed E-state index contributed by atoms with van der Waals surface area (Å²) in [5.41, 5.74) is 5.85. The molecule has 0 amide bonds. The van der Waals surface area contributed by atoms with Gasteiger partial charge in [0.1, 0.15) is 5.75 Å². The quantitative estimate of drug-likeness (QED) is 0.771. The minimum atomic E-state index is 0.188. The standard InChI is InChI=1S/C22H30O2/c1-3-14-12-19-15(13-21(14)24)4-6-18-17(19)8-10-22(2)16(9-11-23)5-7-20(18)22/h9,12-13,17-18,20,23-24H,3-8,10-11H2,1-2H3/b16-9-/t17?,18?,20?,22-/m1/s1. The number of rotatable bonds is 2. The third-order valence-corrected chi connectivity index (χ3v) is 7.49. The summed E-state index contributed by atoms with van der Waals surface area (Å²) >= 11 is 0. The Morgan fingerprint density at radius 3 is 2.79 bits per heavy atom. The normalized spacial score (nSPS) is 36.3. The first-order chi connectivity index (χ1) is 11.6. The van der Waals surface area contributed by atoms with E-state index in [-0.39, 0.29) is 6.61 Å². The predicted molar refractivity (Wildman–Crippen MR) is 97.3 cm³/mol. The number of aliphatic hydroxyl groups is 1. The van der Waals surface area contributed by atoms with Gasteiger partial charge in [-0.25, -0.2) is 0 Å². The first-order valence-electron chi connectivity index (χ1n) is 9.73. The Balaban J connectivity index is 1.70. The van der Waals surface area contributed by atoms with Crippen LogP contribution in [0.1, 0.15) is 68.6 Å². The summed E-state index contributed by atoms with van der Waals surface area (Å²) in [5.74, 6) is 2.70. The van der Waals surface area contributed by atoms with Gasteiger partial charge in [-0.2, -0.15) is 0 Å². The second kappa shape index (κ2) is 5.91. The lowest BCUT2D eigenvalue weighted by molar-refractivity contribution is 0.0809. The maximum absolute atomic E-state index is 10.2. The van der Waals surface area contributed by atoms with E-state index in [9.17, 15) is 10.2 Å². The Hall–Kier alpha value is -1.28. The molecule has 1 aromatic carbocycles. The Morgan fingerprint density at radius 1 is 1.21 bits per heavy atom. The van der Waals surface area contributed by atoms with E-state index in [0.717, 1.165) is 30.2 Å². The Morgan fingerprint density at radius 2 is 2.04 bits per heavy atom. The van der Waals surface area contributed by atoms with Crippen LogP contribution in [0.5, 0.6) is 5.75 Å². The third-order valence-electron chi connectivity index (χ3n) is 7.49. The van der Waals surface area contributed by atoms with Crippen molar-refractivity contribution in [1.82, 2.24) is 0 Å². The van der Waals surface area contributed by atoms with Crippen molar-refractivity contribution >= 4 is 0 Å².